The summed E-state index contributed by atoms with van der Waals surface area (Å²) in [6.45, 7) is 7.65. The molecule has 3 aliphatic rings. The SMILES string of the molecule is Cc1cc(OC[C@H](C)CC2CCN(CC(=O)Nc3ccc4c([C@H]5CCC(=O)NC5=O)nn(C)c4c3)CC2)ccc1-c1ccc(N2CCc3cccc(C(=O)Nc4nc5ccccc5s4)c3C2)nc1C(=O)O. The predicted octanol–water partition coefficient (Wildman–Crippen LogP) is 8.34. The Balaban J connectivity index is 0.703. The second-order valence-corrected chi connectivity index (χ2v) is 20.1. The van der Waals surface area contributed by atoms with Crippen molar-refractivity contribution in [1.29, 1.82) is 0 Å². The number of carbonyl (C=O) groups is 5. The number of amides is 4. The van der Waals surface area contributed by atoms with Gasteiger partial charge in [-0.25, -0.2) is 14.8 Å². The molecule has 364 valence electrons. The first-order valence-corrected chi connectivity index (χ1v) is 25.0. The molecule has 6 heterocycles. The second kappa shape index (κ2) is 20.1. The van der Waals surface area contributed by atoms with Crippen LogP contribution in [-0.2, 0) is 34.4 Å². The molecule has 4 N–H and O–H groups in total. The predicted molar refractivity (Wildman–Crippen MR) is 273 cm³/mol. The van der Waals surface area contributed by atoms with Gasteiger partial charge in [0.15, 0.2) is 10.8 Å². The number of piperidine rings is 2. The van der Waals surface area contributed by atoms with Crippen LogP contribution in [0.2, 0.25) is 0 Å². The fraction of sp³-hybridized carbons (Fsp3) is 0.333. The van der Waals surface area contributed by atoms with Crippen LogP contribution in [-0.4, -0.2) is 92.1 Å². The summed E-state index contributed by atoms with van der Waals surface area (Å²) < 4.78 is 8.99. The number of nitrogens with zero attached hydrogens (tertiary/aromatic N) is 6. The Bertz CT molecular complexity index is 3200. The summed E-state index contributed by atoms with van der Waals surface area (Å²) in [5, 5.41) is 24.8. The number of likely N-dealkylation sites (tertiary alicyclic amines) is 1. The molecule has 3 aromatic heterocycles. The average Bonchev–Trinajstić information content (AvgIpc) is 3.92. The van der Waals surface area contributed by atoms with Gasteiger partial charge in [-0.05, 0) is 147 Å². The number of carbonyl (C=O) groups excluding carboxylic acids is 4. The third-order valence-electron chi connectivity index (χ3n) is 14.0. The van der Waals surface area contributed by atoms with Crippen LogP contribution < -0.4 is 25.6 Å². The van der Waals surface area contributed by atoms with Crippen molar-refractivity contribution in [3.05, 3.63) is 125 Å². The number of rotatable bonds is 14. The molecule has 0 spiro atoms. The first-order chi connectivity index (χ1) is 34.3. The minimum Gasteiger partial charge on any atom is -0.493 e. The first-order valence-electron chi connectivity index (χ1n) is 24.2. The minimum absolute atomic E-state index is 0.0432. The lowest BCUT2D eigenvalue weighted by molar-refractivity contribution is -0.134. The summed E-state index contributed by atoms with van der Waals surface area (Å²) in [4.78, 5) is 77.2. The number of anilines is 3. The Morgan fingerprint density at radius 2 is 1.72 bits per heavy atom. The first kappa shape index (κ1) is 47.2. The molecular weight excluding hydrogens is 919 g/mol. The van der Waals surface area contributed by atoms with Gasteiger partial charge < -0.3 is 20.1 Å². The van der Waals surface area contributed by atoms with Crippen LogP contribution in [0, 0.1) is 18.8 Å². The van der Waals surface area contributed by atoms with Crippen molar-refractivity contribution in [3.8, 4) is 16.9 Å². The maximum Gasteiger partial charge on any atom is 0.355 e. The Hall–Kier alpha value is -7.50. The van der Waals surface area contributed by atoms with E-state index in [1.165, 1.54) is 11.3 Å². The van der Waals surface area contributed by atoms with E-state index in [0.717, 1.165) is 75.7 Å². The zero-order chi connectivity index (χ0) is 49.3. The largest absolute Gasteiger partial charge is 0.493 e. The van der Waals surface area contributed by atoms with Crippen molar-refractivity contribution in [3.63, 3.8) is 0 Å². The highest BCUT2D eigenvalue weighted by atomic mass is 32.1. The maximum atomic E-state index is 13.6. The van der Waals surface area contributed by atoms with Crippen LogP contribution in [0.15, 0.2) is 91.0 Å². The summed E-state index contributed by atoms with van der Waals surface area (Å²) >= 11 is 1.43. The van der Waals surface area contributed by atoms with Gasteiger partial charge in [0.05, 0.1) is 40.5 Å². The molecule has 0 bridgehead atoms. The molecule has 2 saturated heterocycles. The van der Waals surface area contributed by atoms with E-state index < -0.39 is 11.9 Å². The Kier molecular flexibility index (Phi) is 13.3. The standard InChI is InChI=1S/C54H55N9O7S/c1-31(25-33-19-22-62(23-20-33)29-48(65)55-35-11-13-40-44(27-35)61(3)60-49(40)41-16-18-47(64)58-52(41)67)30-70-36-12-14-37(32(2)26-36)38-15-17-46(57-50(38)53(68)69)63-24-21-34-7-6-8-39(42(34)28-63)51(66)59-54-56-43-9-4-5-10-45(43)71-54/h4-15,17,26-27,31,33,41H,16,18-25,28-30H2,1-3H3,(H,55,65)(H,68,69)(H,56,59,66)(H,58,64,67)/t31-,41-/m1/s1. The molecule has 2 atom stereocenters. The lowest BCUT2D eigenvalue weighted by Crippen LogP contribution is -2.39. The number of para-hydroxylation sites is 1. The van der Waals surface area contributed by atoms with Gasteiger partial charge in [-0.15, -0.1) is 0 Å². The Morgan fingerprint density at radius 3 is 2.51 bits per heavy atom. The molecule has 0 aliphatic carbocycles. The molecule has 71 heavy (non-hydrogen) atoms. The van der Waals surface area contributed by atoms with Gasteiger partial charge in [0.25, 0.3) is 5.91 Å². The number of aromatic carboxylic acids is 1. The van der Waals surface area contributed by atoms with Crippen LogP contribution >= 0.6 is 11.3 Å². The molecule has 3 aliphatic heterocycles. The topological polar surface area (TPSA) is 201 Å². The summed E-state index contributed by atoms with van der Waals surface area (Å²) in [7, 11) is 1.81. The van der Waals surface area contributed by atoms with Gasteiger partial charge in [0.2, 0.25) is 17.7 Å². The van der Waals surface area contributed by atoms with Gasteiger partial charge in [-0.1, -0.05) is 48.6 Å². The smallest absolute Gasteiger partial charge is 0.355 e. The number of carboxylic acids is 1. The van der Waals surface area contributed by atoms with Crippen molar-refractivity contribution in [2.45, 2.75) is 64.8 Å². The Labute approximate surface area is 414 Å². The number of nitrogens with one attached hydrogen (secondary N) is 3. The zero-order valence-electron chi connectivity index (χ0n) is 39.9. The van der Waals surface area contributed by atoms with Crippen molar-refractivity contribution < 1.29 is 33.8 Å². The van der Waals surface area contributed by atoms with Crippen LogP contribution in [0.3, 0.4) is 0 Å². The van der Waals surface area contributed by atoms with Crippen molar-refractivity contribution in [2.75, 3.05) is 48.3 Å². The monoisotopic (exact) mass is 973 g/mol. The molecule has 10 rings (SSSR count). The van der Waals surface area contributed by atoms with E-state index in [4.69, 9.17) is 9.72 Å². The highest BCUT2D eigenvalue weighted by molar-refractivity contribution is 7.22. The van der Waals surface area contributed by atoms with Gasteiger partial charge in [0, 0.05) is 48.8 Å². The molecule has 4 aromatic carbocycles. The second-order valence-electron chi connectivity index (χ2n) is 19.1. The number of aryl methyl sites for hydroxylation is 2. The van der Waals surface area contributed by atoms with Gasteiger partial charge >= 0.3 is 5.97 Å². The van der Waals surface area contributed by atoms with Crippen molar-refractivity contribution in [1.82, 2.24) is 30.0 Å². The Morgan fingerprint density at radius 1 is 0.901 bits per heavy atom. The highest BCUT2D eigenvalue weighted by Gasteiger charge is 2.32. The molecule has 0 radical (unpaired) electrons. The number of benzene rings is 4. The molecule has 2 fully saturated rings. The zero-order valence-corrected chi connectivity index (χ0v) is 40.7. The van der Waals surface area contributed by atoms with E-state index >= 15 is 0 Å². The van der Waals surface area contributed by atoms with E-state index in [1.54, 1.807) is 11.7 Å². The van der Waals surface area contributed by atoms with E-state index in [1.807, 2.05) is 103 Å². The summed E-state index contributed by atoms with van der Waals surface area (Å²) in [6.07, 6.45) is 4.35. The third-order valence-corrected chi connectivity index (χ3v) is 15.0. The normalized spacial score (nSPS) is 16.9. The van der Waals surface area contributed by atoms with Crippen LogP contribution in [0.5, 0.6) is 5.75 Å². The number of fused-ring (bicyclic) bond motifs is 3. The summed E-state index contributed by atoms with van der Waals surface area (Å²) in [5.41, 5.74) is 7.54. The molecule has 17 heteroatoms. The molecular formula is C54H55N9O7S. The lowest BCUT2D eigenvalue weighted by Gasteiger charge is -2.32. The average molecular weight is 974 g/mol. The lowest BCUT2D eigenvalue weighted by atomic mass is 9.88. The third kappa shape index (κ3) is 10.2. The number of thiazole rings is 1. The van der Waals surface area contributed by atoms with Crippen molar-refractivity contribution >= 4 is 78.7 Å². The molecule has 4 amide bonds. The molecule has 0 unspecified atom stereocenters. The molecule has 0 saturated carbocycles. The number of hydrogen-bond donors (Lipinski definition) is 4. The number of ether oxygens (including phenoxy) is 1. The van der Waals surface area contributed by atoms with Gasteiger partial charge in [-0.3, -0.25) is 39.4 Å². The van der Waals surface area contributed by atoms with Crippen LogP contribution in [0.4, 0.5) is 16.6 Å². The highest BCUT2D eigenvalue weighted by Crippen LogP contribution is 2.35. The van der Waals surface area contributed by atoms with Crippen molar-refractivity contribution in [2.24, 2.45) is 18.9 Å². The fourth-order valence-electron chi connectivity index (χ4n) is 10.3. The number of pyridine rings is 1. The fourth-order valence-corrected chi connectivity index (χ4v) is 11.2. The van der Waals surface area contributed by atoms with Crippen LogP contribution in [0.1, 0.15) is 88.2 Å². The van der Waals surface area contributed by atoms with Crippen LogP contribution in [0.25, 0.3) is 32.2 Å². The number of hydrogen-bond acceptors (Lipinski definition) is 12. The maximum absolute atomic E-state index is 13.6. The van der Waals surface area contributed by atoms with E-state index in [0.29, 0.717) is 90.1 Å². The quantitative estimate of drug-likeness (QED) is 0.0761. The minimum atomic E-state index is -1.12. The molecule has 7 aromatic rings. The number of imide groups is 1. The summed E-state index contributed by atoms with van der Waals surface area (Å²) in [5.74, 6) is -0.475. The number of aromatic nitrogens is 4. The van der Waals surface area contributed by atoms with Gasteiger partial charge in [0.1, 0.15) is 11.6 Å². The van der Waals surface area contributed by atoms with E-state index in [-0.39, 0.29) is 35.7 Å². The van der Waals surface area contributed by atoms with Gasteiger partial charge in [-0.2, -0.15) is 5.10 Å². The van der Waals surface area contributed by atoms with E-state index in [2.05, 4.69) is 37.9 Å². The van der Waals surface area contributed by atoms with E-state index in [9.17, 15) is 29.1 Å². The summed E-state index contributed by atoms with van der Waals surface area (Å²) in [6, 6.07) is 28.5. The number of carboxylic acid groups (broad SMARTS) is 1. The molecule has 16 nitrogen and oxygen atoms in total.